The lowest BCUT2D eigenvalue weighted by atomic mass is 9.95. The Hall–Kier alpha value is -2.29. The predicted molar refractivity (Wildman–Crippen MR) is 159 cm³/mol. The maximum absolute atomic E-state index is 13.9. The quantitative estimate of drug-likeness (QED) is 0.338. The van der Waals surface area contributed by atoms with Gasteiger partial charge in [-0.1, -0.05) is 81.4 Å². The van der Waals surface area contributed by atoms with Crippen molar-refractivity contribution in [2.75, 3.05) is 17.1 Å². The molecule has 0 heterocycles. The van der Waals surface area contributed by atoms with Crippen molar-refractivity contribution in [2.24, 2.45) is 0 Å². The molecule has 1 atom stereocenters. The van der Waals surface area contributed by atoms with Crippen molar-refractivity contribution in [3.05, 3.63) is 63.6 Å². The summed E-state index contributed by atoms with van der Waals surface area (Å²) >= 11 is 12.9. The van der Waals surface area contributed by atoms with E-state index in [1.54, 1.807) is 30.3 Å². The van der Waals surface area contributed by atoms with Crippen molar-refractivity contribution < 1.29 is 18.0 Å². The van der Waals surface area contributed by atoms with Crippen molar-refractivity contribution in [3.8, 4) is 0 Å². The second kappa shape index (κ2) is 13.9. The summed E-state index contributed by atoms with van der Waals surface area (Å²) in [5.74, 6) is -0.501. The van der Waals surface area contributed by atoms with Crippen LogP contribution in [0.1, 0.15) is 76.3 Å². The summed E-state index contributed by atoms with van der Waals surface area (Å²) in [6.45, 7) is 5.44. The molecule has 0 aromatic heterocycles. The summed E-state index contributed by atoms with van der Waals surface area (Å²) in [4.78, 5) is 28.8. The summed E-state index contributed by atoms with van der Waals surface area (Å²) in [5, 5.41) is 3.86. The number of rotatable bonds is 11. The molecule has 1 aliphatic rings. The van der Waals surface area contributed by atoms with Crippen molar-refractivity contribution >= 4 is 50.7 Å². The van der Waals surface area contributed by atoms with Crippen molar-refractivity contribution in [1.82, 2.24) is 10.2 Å². The van der Waals surface area contributed by atoms with Gasteiger partial charge in [-0.3, -0.25) is 13.9 Å². The lowest BCUT2D eigenvalue weighted by Crippen LogP contribution is -2.54. The van der Waals surface area contributed by atoms with Gasteiger partial charge in [0.25, 0.3) is 0 Å². The molecular weight excluding hydrogens is 557 g/mol. The van der Waals surface area contributed by atoms with Gasteiger partial charge >= 0.3 is 0 Å². The van der Waals surface area contributed by atoms with Crippen molar-refractivity contribution in [3.63, 3.8) is 0 Å². The lowest BCUT2D eigenvalue weighted by Gasteiger charge is -2.34. The predicted octanol–water partition coefficient (Wildman–Crippen LogP) is 6.14. The third-order valence-electron chi connectivity index (χ3n) is 7.25. The van der Waals surface area contributed by atoms with Crippen LogP contribution in [0.4, 0.5) is 5.69 Å². The standard InChI is InChI=1S/C29H39Cl2N3O4S/c1-5-27(29(36)32-22-10-7-6-8-11-22)33(18-24-25(30)12-9-13-26(24)31)28(35)19-34(39(4,37)38)23-16-14-21(15-17-23)20(2)3/h9,12-17,20,22,27H,5-8,10-11,18-19H2,1-4H3,(H,32,36)/t27-/m1/s1. The van der Waals surface area contributed by atoms with Gasteiger partial charge in [0.2, 0.25) is 21.8 Å². The van der Waals surface area contributed by atoms with Gasteiger partial charge in [-0.2, -0.15) is 0 Å². The van der Waals surface area contributed by atoms with Crippen LogP contribution in [-0.4, -0.2) is 50.0 Å². The van der Waals surface area contributed by atoms with Crippen LogP contribution in [0.3, 0.4) is 0 Å². The van der Waals surface area contributed by atoms with Crippen LogP contribution in [0.5, 0.6) is 0 Å². The fraction of sp³-hybridized carbons (Fsp3) is 0.517. The van der Waals surface area contributed by atoms with E-state index < -0.39 is 28.5 Å². The summed E-state index contributed by atoms with van der Waals surface area (Å²) in [6.07, 6.45) is 6.48. The number of halogens is 2. The lowest BCUT2D eigenvalue weighted by molar-refractivity contribution is -0.140. The summed E-state index contributed by atoms with van der Waals surface area (Å²) in [5.41, 5.74) is 1.94. The van der Waals surface area contributed by atoms with E-state index >= 15 is 0 Å². The van der Waals surface area contributed by atoms with Crippen LogP contribution in [0.15, 0.2) is 42.5 Å². The first-order chi connectivity index (χ1) is 18.4. The van der Waals surface area contributed by atoms with Crippen LogP contribution in [0, 0.1) is 0 Å². The van der Waals surface area contributed by atoms with Crippen LogP contribution >= 0.6 is 23.2 Å². The van der Waals surface area contributed by atoms with E-state index in [9.17, 15) is 18.0 Å². The molecule has 2 aromatic carbocycles. The second-order valence-corrected chi connectivity index (χ2v) is 13.2. The largest absolute Gasteiger partial charge is 0.352 e. The van der Waals surface area contributed by atoms with Crippen LogP contribution < -0.4 is 9.62 Å². The van der Waals surface area contributed by atoms with Gasteiger partial charge in [0.1, 0.15) is 12.6 Å². The molecule has 214 valence electrons. The molecule has 0 spiro atoms. The Kier molecular flexibility index (Phi) is 11.1. The Morgan fingerprint density at radius 3 is 2.10 bits per heavy atom. The van der Waals surface area contributed by atoms with Crippen molar-refractivity contribution in [2.45, 2.75) is 83.8 Å². The van der Waals surface area contributed by atoms with Crippen LogP contribution in [0.25, 0.3) is 0 Å². The molecule has 0 saturated heterocycles. The SMILES string of the molecule is CC[C@H](C(=O)NC1CCCCC1)N(Cc1c(Cl)cccc1Cl)C(=O)CN(c1ccc(C(C)C)cc1)S(C)(=O)=O. The molecule has 0 radical (unpaired) electrons. The summed E-state index contributed by atoms with van der Waals surface area (Å²) < 4.78 is 26.8. The van der Waals surface area contributed by atoms with Crippen molar-refractivity contribution in [1.29, 1.82) is 0 Å². The van der Waals surface area contributed by atoms with E-state index in [0.717, 1.165) is 48.2 Å². The van der Waals surface area contributed by atoms with E-state index in [1.807, 2.05) is 32.9 Å². The molecule has 2 aromatic rings. The number of hydrogen-bond donors (Lipinski definition) is 1. The van der Waals surface area contributed by atoms with Gasteiger partial charge in [-0.25, -0.2) is 8.42 Å². The molecule has 0 unspecified atom stereocenters. The molecule has 10 heteroatoms. The number of carbonyl (C=O) groups is 2. The Morgan fingerprint density at radius 2 is 1.59 bits per heavy atom. The molecule has 1 aliphatic carbocycles. The van der Waals surface area contributed by atoms with E-state index in [-0.39, 0.29) is 24.4 Å². The molecular formula is C29H39Cl2N3O4S. The van der Waals surface area contributed by atoms with Gasteiger partial charge in [0, 0.05) is 28.2 Å². The maximum Gasteiger partial charge on any atom is 0.244 e. The first kappa shape index (κ1) is 31.2. The van der Waals surface area contributed by atoms with Crippen LogP contribution in [-0.2, 0) is 26.2 Å². The molecule has 7 nitrogen and oxygen atoms in total. The average Bonchev–Trinajstić information content (AvgIpc) is 2.88. The average molecular weight is 597 g/mol. The Balaban J connectivity index is 1.95. The number of anilines is 1. The zero-order valence-corrected chi connectivity index (χ0v) is 25.5. The fourth-order valence-corrected chi connectivity index (χ4v) is 6.32. The zero-order chi connectivity index (χ0) is 28.7. The molecule has 39 heavy (non-hydrogen) atoms. The van der Waals surface area contributed by atoms with E-state index in [1.165, 1.54) is 4.90 Å². The van der Waals surface area contributed by atoms with E-state index in [4.69, 9.17) is 23.2 Å². The number of benzene rings is 2. The molecule has 0 bridgehead atoms. The molecule has 1 fully saturated rings. The number of amides is 2. The minimum atomic E-state index is -3.81. The van der Waals surface area contributed by atoms with E-state index in [2.05, 4.69) is 5.32 Å². The van der Waals surface area contributed by atoms with Gasteiger partial charge in [0.05, 0.1) is 11.9 Å². The monoisotopic (exact) mass is 595 g/mol. The van der Waals surface area contributed by atoms with Crippen LogP contribution in [0.2, 0.25) is 10.0 Å². The summed E-state index contributed by atoms with van der Waals surface area (Å²) in [6, 6.07) is 11.4. The van der Waals surface area contributed by atoms with Gasteiger partial charge in [0.15, 0.2) is 0 Å². The number of nitrogens with zero attached hydrogens (tertiary/aromatic N) is 2. The molecule has 2 amide bonds. The number of sulfonamides is 1. The Bertz CT molecular complexity index is 1230. The highest BCUT2D eigenvalue weighted by Crippen LogP contribution is 2.28. The number of nitrogens with one attached hydrogen (secondary N) is 1. The van der Waals surface area contributed by atoms with Gasteiger partial charge in [-0.15, -0.1) is 0 Å². The maximum atomic E-state index is 13.9. The highest BCUT2D eigenvalue weighted by atomic mass is 35.5. The topological polar surface area (TPSA) is 86.8 Å². The number of carbonyl (C=O) groups excluding carboxylic acids is 2. The first-order valence-corrected chi connectivity index (χ1v) is 16.1. The second-order valence-electron chi connectivity index (χ2n) is 10.5. The fourth-order valence-electron chi connectivity index (χ4n) is 4.96. The van der Waals surface area contributed by atoms with Gasteiger partial charge < -0.3 is 10.2 Å². The summed E-state index contributed by atoms with van der Waals surface area (Å²) in [7, 11) is -3.81. The first-order valence-electron chi connectivity index (χ1n) is 13.5. The number of hydrogen-bond acceptors (Lipinski definition) is 4. The van der Waals surface area contributed by atoms with Gasteiger partial charge in [-0.05, 0) is 55.0 Å². The third kappa shape index (κ3) is 8.35. The molecule has 1 saturated carbocycles. The Morgan fingerprint density at radius 1 is 1.00 bits per heavy atom. The minimum Gasteiger partial charge on any atom is -0.352 e. The highest BCUT2D eigenvalue weighted by Gasteiger charge is 2.33. The highest BCUT2D eigenvalue weighted by molar-refractivity contribution is 7.92. The van der Waals surface area contributed by atoms with E-state index in [0.29, 0.717) is 27.7 Å². The molecule has 3 rings (SSSR count). The molecule has 1 N–H and O–H groups in total. The third-order valence-corrected chi connectivity index (χ3v) is 9.10. The zero-order valence-electron chi connectivity index (χ0n) is 23.1. The Labute approximate surface area is 242 Å². The normalized spacial score (nSPS) is 15.2. The minimum absolute atomic E-state index is 0.0299. The smallest absolute Gasteiger partial charge is 0.244 e. The molecule has 0 aliphatic heterocycles.